The first kappa shape index (κ1) is 20.7. The first-order valence-electron chi connectivity index (χ1n) is 9.56. The third-order valence-electron chi connectivity index (χ3n) is 5.00. The summed E-state index contributed by atoms with van der Waals surface area (Å²) in [5, 5.41) is 6.62. The lowest BCUT2D eigenvalue weighted by Crippen LogP contribution is -2.42. The molecule has 2 amide bonds. The standard InChI is InChI=1S/C20H19N5O5S/c26-18(13-6-5-7-14(12-13)31(29,30)25-10-3-4-11-25)22-24-20(28)17-15-8-1-2-9-16(15)19(27)23-21-17/h1-2,5-9,12H,3-4,10-11H2,(H,22,26)(H,23,27)(H,24,28). The summed E-state index contributed by atoms with van der Waals surface area (Å²) in [5.41, 5.74) is 4.05. The van der Waals surface area contributed by atoms with E-state index in [1.54, 1.807) is 24.3 Å². The Morgan fingerprint density at radius 1 is 0.935 bits per heavy atom. The molecule has 3 aromatic rings. The molecular weight excluding hydrogens is 422 g/mol. The van der Waals surface area contributed by atoms with Crippen molar-refractivity contribution in [2.75, 3.05) is 13.1 Å². The summed E-state index contributed by atoms with van der Waals surface area (Å²) in [6.07, 6.45) is 1.61. The number of hydrogen-bond acceptors (Lipinski definition) is 6. The number of hydrazine groups is 1. The fraction of sp³-hybridized carbons (Fsp3) is 0.200. The van der Waals surface area contributed by atoms with Gasteiger partial charge in [-0.2, -0.15) is 9.40 Å². The maximum atomic E-state index is 12.7. The topological polar surface area (TPSA) is 141 Å². The van der Waals surface area contributed by atoms with Crippen LogP contribution in [0, 0.1) is 0 Å². The molecule has 1 fully saturated rings. The van der Waals surface area contributed by atoms with E-state index in [0.29, 0.717) is 18.5 Å². The predicted molar refractivity (Wildman–Crippen MR) is 112 cm³/mol. The molecule has 0 spiro atoms. The van der Waals surface area contributed by atoms with Crippen LogP contribution in [0.25, 0.3) is 10.8 Å². The van der Waals surface area contributed by atoms with Crippen LogP contribution in [0.1, 0.15) is 33.7 Å². The molecule has 0 radical (unpaired) electrons. The number of hydrogen-bond donors (Lipinski definition) is 3. The molecule has 0 bridgehead atoms. The first-order chi connectivity index (χ1) is 14.9. The lowest BCUT2D eigenvalue weighted by molar-refractivity contribution is 0.0844. The Hall–Kier alpha value is -3.57. The van der Waals surface area contributed by atoms with Gasteiger partial charge in [0.1, 0.15) is 0 Å². The quantitative estimate of drug-likeness (QED) is 0.511. The number of amides is 2. The monoisotopic (exact) mass is 441 g/mol. The summed E-state index contributed by atoms with van der Waals surface area (Å²) in [5.74, 6) is -1.43. The van der Waals surface area contributed by atoms with Gasteiger partial charge in [0.15, 0.2) is 5.69 Å². The van der Waals surface area contributed by atoms with Crippen LogP contribution in [0.15, 0.2) is 58.2 Å². The maximum absolute atomic E-state index is 12.7. The minimum Gasteiger partial charge on any atom is -0.267 e. The van der Waals surface area contributed by atoms with Gasteiger partial charge < -0.3 is 0 Å². The van der Waals surface area contributed by atoms with Gasteiger partial charge in [0.25, 0.3) is 17.4 Å². The van der Waals surface area contributed by atoms with Gasteiger partial charge in [-0.15, -0.1) is 0 Å². The highest BCUT2D eigenvalue weighted by atomic mass is 32.2. The smallest absolute Gasteiger partial charge is 0.267 e. The van der Waals surface area contributed by atoms with Gasteiger partial charge in [-0.05, 0) is 37.1 Å². The van der Waals surface area contributed by atoms with Gasteiger partial charge in [0, 0.05) is 24.0 Å². The van der Waals surface area contributed by atoms with Crippen molar-refractivity contribution in [1.82, 2.24) is 25.4 Å². The van der Waals surface area contributed by atoms with E-state index in [2.05, 4.69) is 21.0 Å². The number of carbonyl (C=O) groups is 2. The molecule has 1 aliphatic rings. The molecule has 160 valence electrons. The molecule has 4 rings (SSSR count). The average Bonchev–Trinajstić information content (AvgIpc) is 3.34. The molecular formula is C20H19N5O5S. The largest absolute Gasteiger partial charge is 0.290 e. The van der Waals surface area contributed by atoms with Crippen molar-refractivity contribution in [3.8, 4) is 0 Å². The van der Waals surface area contributed by atoms with Crippen molar-refractivity contribution in [2.24, 2.45) is 0 Å². The van der Waals surface area contributed by atoms with Crippen LogP contribution in [-0.2, 0) is 10.0 Å². The van der Waals surface area contributed by atoms with Crippen LogP contribution >= 0.6 is 0 Å². The number of aromatic nitrogens is 2. The minimum atomic E-state index is -3.68. The second-order valence-corrected chi connectivity index (χ2v) is 8.93. The number of carbonyl (C=O) groups excluding carboxylic acids is 2. The summed E-state index contributed by atoms with van der Waals surface area (Å²) in [4.78, 5) is 36.8. The van der Waals surface area contributed by atoms with E-state index in [-0.39, 0.29) is 21.5 Å². The van der Waals surface area contributed by atoms with Crippen LogP contribution in [0.5, 0.6) is 0 Å². The number of nitrogens with one attached hydrogen (secondary N) is 3. The number of nitrogens with zero attached hydrogens (tertiary/aromatic N) is 2. The molecule has 0 saturated carbocycles. The Kier molecular flexibility index (Phi) is 5.53. The third-order valence-corrected chi connectivity index (χ3v) is 6.89. The van der Waals surface area contributed by atoms with Crippen LogP contribution < -0.4 is 16.4 Å². The van der Waals surface area contributed by atoms with Crippen molar-refractivity contribution in [3.63, 3.8) is 0 Å². The Morgan fingerprint density at radius 2 is 1.61 bits per heavy atom. The van der Waals surface area contributed by atoms with E-state index in [1.807, 2.05) is 0 Å². The zero-order valence-electron chi connectivity index (χ0n) is 16.3. The van der Waals surface area contributed by atoms with E-state index in [9.17, 15) is 22.8 Å². The number of sulfonamides is 1. The Labute approximate surface area is 177 Å². The summed E-state index contributed by atoms with van der Waals surface area (Å²) in [6.45, 7) is 0.907. The Balaban J connectivity index is 1.50. The fourth-order valence-electron chi connectivity index (χ4n) is 3.41. The molecule has 1 aromatic heterocycles. The minimum absolute atomic E-state index is 0.0154. The normalized spacial score (nSPS) is 14.5. The summed E-state index contributed by atoms with van der Waals surface area (Å²) >= 11 is 0. The van der Waals surface area contributed by atoms with Crippen molar-refractivity contribution in [2.45, 2.75) is 17.7 Å². The molecule has 31 heavy (non-hydrogen) atoms. The molecule has 0 unspecified atom stereocenters. The SMILES string of the molecule is O=C(NNC(=O)c1n[nH]c(=O)c2ccccc12)c1cccc(S(=O)(=O)N2CCCC2)c1. The number of fused-ring (bicyclic) bond motifs is 1. The van der Waals surface area contributed by atoms with Crippen molar-refractivity contribution < 1.29 is 18.0 Å². The number of aromatic amines is 1. The maximum Gasteiger partial charge on any atom is 0.290 e. The molecule has 0 aliphatic carbocycles. The zero-order chi connectivity index (χ0) is 22.0. The summed E-state index contributed by atoms with van der Waals surface area (Å²) in [6, 6.07) is 12.0. The van der Waals surface area contributed by atoms with Crippen molar-refractivity contribution >= 4 is 32.6 Å². The first-order valence-corrected chi connectivity index (χ1v) is 11.0. The predicted octanol–water partition coefficient (Wildman–Crippen LogP) is 0.782. The van der Waals surface area contributed by atoms with Gasteiger partial charge in [-0.3, -0.25) is 25.2 Å². The van der Waals surface area contributed by atoms with Crippen molar-refractivity contribution in [3.05, 3.63) is 70.1 Å². The highest BCUT2D eigenvalue weighted by molar-refractivity contribution is 7.89. The van der Waals surface area contributed by atoms with Crippen LogP contribution in [0.2, 0.25) is 0 Å². The molecule has 3 N–H and O–H groups in total. The summed E-state index contributed by atoms with van der Waals surface area (Å²) < 4.78 is 26.8. The second kappa shape index (κ2) is 8.28. The highest BCUT2D eigenvalue weighted by Gasteiger charge is 2.27. The number of H-pyrrole nitrogens is 1. The number of rotatable bonds is 4. The van der Waals surface area contributed by atoms with Crippen LogP contribution in [-0.4, -0.2) is 47.8 Å². The average molecular weight is 441 g/mol. The number of benzene rings is 2. The molecule has 11 heteroatoms. The Bertz CT molecular complexity index is 1330. The van der Waals surface area contributed by atoms with E-state index < -0.39 is 27.4 Å². The second-order valence-electron chi connectivity index (χ2n) is 6.99. The van der Waals surface area contributed by atoms with E-state index in [0.717, 1.165) is 12.8 Å². The highest BCUT2D eigenvalue weighted by Crippen LogP contribution is 2.21. The van der Waals surface area contributed by atoms with Gasteiger partial charge in [0.2, 0.25) is 10.0 Å². The summed E-state index contributed by atoms with van der Waals surface area (Å²) in [7, 11) is -3.68. The zero-order valence-corrected chi connectivity index (χ0v) is 17.1. The fourth-order valence-corrected chi connectivity index (χ4v) is 4.97. The molecule has 10 nitrogen and oxygen atoms in total. The molecule has 0 atom stereocenters. The van der Waals surface area contributed by atoms with E-state index in [4.69, 9.17) is 0 Å². The van der Waals surface area contributed by atoms with Gasteiger partial charge in [-0.25, -0.2) is 13.5 Å². The van der Waals surface area contributed by atoms with Gasteiger partial charge in [0.05, 0.1) is 10.3 Å². The van der Waals surface area contributed by atoms with Crippen LogP contribution in [0.3, 0.4) is 0 Å². The van der Waals surface area contributed by atoms with Gasteiger partial charge in [-0.1, -0.05) is 24.3 Å². The van der Waals surface area contributed by atoms with E-state index >= 15 is 0 Å². The molecule has 2 aromatic carbocycles. The lowest BCUT2D eigenvalue weighted by atomic mass is 10.1. The lowest BCUT2D eigenvalue weighted by Gasteiger charge is -2.16. The molecule has 2 heterocycles. The Morgan fingerprint density at radius 3 is 2.35 bits per heavy atom. The van der Waals surface area contributed by atoms with Crippen molar-refractivity contribution in [1.29, 1.82) is 0 Å². The van der Waals surface area contributed by atoms with Gasteiger partial charge >= 0.3 is 0 Å². The molecule has 1 aliphatic heterocycles. The van der Waals surface area contributed by atoms with Crippen LogP contribution in [0.4, 0.5) is 0 Å². The van der Waals surface area contributed by atoms with E-state index in [1.165, 1.54) is 28.6 Å². The third kappa shape index (κ3) is 4.05. The molecule has 1 saturated heterocycles.